The first-order valence-corrected chi connectivity index (χ1v) is 7.56. The maximum Gasteiger partial charge on any atom is 0.0649 e. The van der Waals surface area contributed by atoms with Crippen LogP contribution in [0.5, 0.6) is 0 Å². The Morgan fingerprint density at radius 1 is 1.10 bits per heavy atom. The summed E-state index contributed by atoms with van der Waals surface area (Å²) < 4.78 is 1.99. The van der Waals surface area contributed by atoms with Gasteiger partial charge < -0.3 is 5.73 Å². The number of nitrogens with two attached hydrogens (primary N) is 1. The lowest BCUT2D eigenvalue weighted by Gasteiger charge is -2.39. The Morgan fingerprint density at radius 2 is 1.80 bits per heavy atom. The summed E-state index contributed by atoms with van der Waals surface area (Å²) in [6.45, 7) is 2.33. The fourth-order valence-electron chi connectivity index (χ4n) is 3.36. The SMILES string of the molecule is CC1(C(N)c2ccnn2-c2ccccc2)CCCCC1. The maximum absolute atomic E-state index is 6.63. The second-order valence-corrected chi connectivity index (χ2v) is 6.20. The molecule has 1 aliphatic carbocycles. The highest BCUT2D eigenvalue weighted by Gasteiger charge is 2.35. The molecule has 20 heavy (non-hydrogen) atoms. The van der Waals surface area contributed by atoms with E-state index in [0.29, 0.717) is 0 Å². The first-order chi connectivity index (χ1) is 9.71. The zero-order chi connectivity index (χ0) is 14.0. The minimum absolute atomic E-state index is 0.0468. The third kappa shape index (κ3) is 2.38. The molecule has 1 aromatic heterocycles. The predicted octanol–water partition coefficient (Wildman–Crippen LogP) is 3.84. The number of nitrogens with zero attached hydrogens (tertiary/aromatic N) is 2. The van der Waals surface area contributed by atoms with E-state index >= 15 is 0 Å². The molecule has 2 aromatic rings. The van der Waals surface area contributed by atoms with E-state index in [1.54, 1.807) is 0 Å². The molecule has 0 aliphatic heterocycles. The molecule has 2 N–H and O–H groups in total. The number of hydrogen-bond donors (Lipinski definition) is 1. The highest BCUT2D eigenvalue weighted by molar-refractivity contribution is 5.33. The van der Waals surface area contributed by atoms with Gasteiger partial charge in [-0.05, 0) is 36.5 Å². The Bertz CT molecular complexity index is 553. The number of aromatic nitrogens is 2. The van der Waals surface area contributed by atoms with Gasteiger partial charge in [0.05, 0.1) is 17.4 Å². The lowest BCUT2D eigenvalue weighted by molar-refractivity contribution is 0.166. The molecule has 0 spiro atoms. The molecule has 3 heteroatoms. The van der Waals surface area contributed by atoms with Crippen LogP contribution in [-0.2, 0) is 0 Å². The van der Waals surface area contributed by atoms with Crippen molar-refractivity contribution >= 4 is 0 Å². The van der Waals surface area contributed by atoms with Crippen LogP contribution in [0.2, 0.25) is 0 Å². The van der Waals surface area contributed by atoms with Crippen LogP contribution in [-0.4, -0.2) is 9.78 Å². The molecule has 0 amide bonds. The summed E-state index contributed by atoms with van der Waals surface area (Å²) in [7, 11) is 0. The van der Waals surface area contributed by atoms with Gasteiger partial charge in [-0.25, -0.2) is 4.68 Å². The molecule has 0 radical (unpaired) electrons. The smallest absolute Gasteiger partial charge is 0.0649 e. The number of hydrogen-bond acceptors (Lipinski definition) is 2. The van der Waals surface area contributed by atoms with Crippen LogP contribution in [0.15, 0.2) is 42.6 Å². The Morgan fingerprint density at radius 3 is 2.50 bits per heavy atom. The number of rotatable bonds is 3. The van der Waals surface area contributed by atoms with Crippen LogP contribution in [0.25, 0.3) is 5.69 Å². The van der Waals surface area contributed by atoms with E-state index in [2.05, 4.69) is 30.2 Å². The fourth-order valence-corrected chi connectivity index (χ4v) is 3.36. The Kier molecular flexibility index (Phi) is 3.62. The van der Waals surface area contributed by atoms with Gasteiger partial charge in [-0.1, -0.05) is 44.4 Å². The molecule has 3 nitrogen and oxygen atoms in total. The molecular formula is C17H23N3. The zero-order valence-corrected chi connectivity index (χ0v) is 12.1. The maximum atomic E-state index is 6.63. The summed E-state index contributed by atoms with van der Waals surface area (Å²) in [5.41, 5.74) is 9.04. The highest BCUT2D eigenvalue weighted by atomic mass is 15.3. The van der Waals surface area contributed by atoms with E-state index in [1.807, 2.05) is 29.1 Å². The average Bonchev–Trinajstić information content (AvgIpc) is 2.97. The average molecular weight is 269 g/mol. The van der Waals surface area contributed by atoms with E-state index in [1.165, 1.54) is 32.1 Å². The summed E-state index contributed by atoms with van der Waals surface area (Å²) in [4.78, 5) is 0. The lowest BCUT2D eigenvalue weighted by Crippen LogP contribution is -2.35. The number of benzene rings is 1. The van der Waals surface area contributed by atoms with E-state index in [0.717, 1.165) is 11.4 Å². The fraction of sp³-hybridized carbons (Fsp3) is 0.471. The number of para-hydroxylation sites is 1. The van der Waals surface area contributed by atoms with Crippen LogP contribution in [0.4, 0.5) is 0 Å². The van der Waals surface area contributed by atoms with Gasteiger partial charge in [-0.3, -0.25) is 0 Å². The van der Waals surface area contributed by atoms with Crippen molar-refractivity contribution in [1.82, 2.24) is 9.78 Å². The molecule has 1 unspecified atom stereocenters. The van der Waals surface area contributed by atoms with Crippen molar-refractivity contribution in [2.45, 2.75) is 45.1 Å². The van der Waals surface area contributed by atoms with Crippen LogP contribution in [0.3, 0.4) is 0 Å². The Hall–Kier alpha value is -1.61. The molecule has 1 aromatic carbocycles. The molecule has 1 heterocycles. The van der Waals surface area contributed by atoms with Gasteiger partial charge >= 0.3 is 0 Å². The quantitative estimate of drug-likeness (QED) is 0.920. The normalized spacial score (nSPS) is 19.7. The Labute approximate surface area is 120 Å². The van der Waals surface area contributed by atoms with Crippen molar-refractivity contribution in [3.63, 3.8) is 0 Å². The molecule has 3 rings (SSSR count). The molecule has 1 saturated carbocycles. The highest BCUT2D eigenvalue weighted by Crippen LogP contribution is 2.44. The summed E-state index contributed by atoms with van der Waals surface area (Å²) in [5, 5.41) is 4.47. The second-order valence-electron chi connectivity index (χ2n) is 6.20. The molecule has 106 valence electrons. The molecule has 1 atom stereocenters. The van der Waals surface area contributed by atoms with Gasteiger partial charge in [0.15, 0.2) is 0 Å². The van der Waals surface area contributed by atoms with Crippen molar-refractivity contribution < 1.29 is 0 Å². The van der Waals surface area contributed by atoms with E-state index in [-0.39, 0.29) is 11.5 Å². The van der Waals surface area contributed by atoms with E-state index in [4.69, 9.17) is 5.73 Å². The van der Waals surface area contributed by atoms with Crippen LogP contribution < -0.4 is 5.73 Å². The third-order valence-electron chi connectivity index (χ3n) is 4.74. The topological polar surface area (TPSA) is 43.8 Å². The van der Waals surface area contributed by atoms with Gasteiger partial charge in [-0.2, -0.15) is 5.10 Å². The van der Waals surface area contributed by atoms with E-state index in [9.17, 15) is 0 Å². The minimum atomic E-state index is 0.0468. The van der Waals surface area contributed by atoms with Crippen molar-refractivity contribution in [1.29, 1.82) is 0 Å². The van der Waals surface area contributed by atoms with Gasteiger partial charge in [0.2, 0.25) is 0 Å². The van der Waals surface area contributed by atoms with Gasteiger partial charge in [0.25, 0.3) is 0 Å². The monoisotopic (exact) mass is 269 g/mol. The van der Waals surface area contributed by atoms with Crippen molar-refractivity contribution in [3.8, 4) is 5.69 Å². The molecule has 0 saturated heterocycles. The first kappa shape index (κ1) is 13.4. The largest absolute Gasteiger partial charge is 0.322 e. The van der Waals surface area contributed by atoms with Gasteiger partial charge in [-0.15, -0.1) is 0 Å². The third-order valence-corrected chi connectivity index (χ3v) is 4.74. The Balaban J connectivity index is 1.93. The zero-order valence-electron chi connectivity index (χ0n) is 12.1. The molecule has 0 bridgehead atoms. The molecule has 1 fully saturated rings. The van der Waals surface area contributed by atoms with E-state index < -0.39 is 0 Å². The van der Waals surface area contributed by atoms with Crippen LogP contribution >= 0.6 is 0 Å². The van der Waals surface area contributed by atoms with Gasteiger partial charge in [0, 0.05) is 6.20 Å². The molecule has 1 aliphatic rings. The summed E-state index contributed by atoms with van der Waals surface area (Å²) in [6, 6.07) is 12.4. The van der Waals surface area contributed by atoms with Crippen molar-refractivity contribution in [2.24, 2.45) is 11.1 Å². The van der Waals surface area contributed by atoms with Crippen molar-refractivity contribution in [3.05, 3.63) is 48.3 Å². The van der Waals surface area contributed by atoms with Crippen molar-refractivity contribution in [2.75, 3.05) is 0 Å². The lowest BCUT2D eigenvalue weighted by atomic mass is 9.70. The molecular weight excluding hydrogens is 246 g/mol. The summed E-state index contributed by atoms with van der Waals surface area (Å²) in [5.74, 6) is 0. The van der Waals surface area contributed by atoms with Gasteiger partial charge in [0.1, 0.15) is 0 Å². The van der Waals surface area contributed by atoms with Crippen LogP contribution in [0.1, 0.15) is 50.8 Å². The second kappa shape index (κ2) is 5.41. The standard InChI is InChI=1S/C17H23N3/c1-17(11-6-3-7-12-17)16(18)15-10-13-19-20(15)14-8-4-2-5-9-14/h2,4-5,8-10,13,16H,3,6-7,11-12,18H2,1H3. The van der Waals surface area contributed by atoms with Crippen LogP contribution in [0, 0.1) is 5.41 Å². The summed E-state index contributed by atoms with van der Waals surface area (Å²) >= 11 is 0. The minimum Gasteiger partial charge on any atom is -0.322 e. The predicted molar refractivity (Wildman–Crippen MR) is 81.7 cm³/mol. The first-order valence-electron chi connectivity index (χ1n) is 7.56. The summed E-state index contributed by atoms with van der Waals surface area (Å²) in [6.07, 6.45) is 8.23.